The van der Waals surface area contributed by atoms with Crippen molar-refractivity contribution in [2.24, 2.45) is 0 Å². The van der Waals surface area contributed by atoms with Crippen LogP contribution in [0.3, 0.4) is 0 Å². The minimum absolute atomic E-state index is 0. The Bertz CT molecular complexity index is 1490. The summed E-state index contributed by atoms with van der Waals surface area (Å²) in [6.45, 7) is 11.5. The molecule has 45 heavy (non-hydrogen) atoms. The van der Waals surface area contributed by atoms with Crippen LogP contribution in [0.15, 0.2) is 66.4 Å². The molecule has 228 valence electrons. The fourth-order valence-electron chi connectivity index (χ4n) is 4.43. The average Bonchev–Trinajstić information content (AvgIpc) is 3.00. The van der Waals surface area contributed by atoms with E-state index in [0.717, 1.165) is 12.0 Å². The Morgan fingerprint density at radius 1 is 1.27 bits per heavy atom. The van der Waals surface area contributed by atoms with Crippen molar-refractivity contribution in [1.82, 2.24) is 15.5 Å². The van der Waals surface area contributed by atoms with Crippen molar-refractivity contribution in [2.75, 3.05) is 13.6 Å². The van der Waals surface area contributed by atoms with Crippen LogP contribution >= 0.6 is 11.6 Å². The van der Waals surface area contributed by atoms with E-state index in [4.69, 9.17) is 23.6 Å². The molecular weight excluding hydrogens is 645 g/mol. The number of hydrogen-bond acceptors (Lipinski definition) is 5. The zero-order valence-corrected chi connectivity index (χ0v) is 33.5. The van der Waals surface area contributed by atoms with E-state index in [-0.39, 0.29) is 145 Å². The molecule has 1 aliphatic heterocycles. The molecule has 7 nitrogen and oxygen atoms in total. The first-order valence-corrected chi connectivity index (χ1v) is 13.6. The van der Waals surface area contributed by atoms with Gasteiger partial charge in [-0.3, -0.25) is 4.79 Å². The van der Waals surface area contributed by atoms with Crippen LogP contribution in [0.25, 0.3) is 22.3 Å². The summed E-state index contributed by atoms with van der Waals surface area (Å²) in [6, 6.07) is 17.1. The van der Waals surface area contributed by atoms with Gasteiger partial charge in [0.05, 0.1) is 0 Å². The van der Waals surface area contributed by atoms with E-state index in [2.05, 4.69) is 23.3 Å². The molecule has 0 radical (unpaired) electrons. The third kappa shape index (κ3) is 12.2. The van der Waals surface area contributed by atoms with Gasteiger partial charge in [-0.25, -0.2) is 4.39 Å². The number of rotatable bonds is 10. The fraction of sp³-hybridized carbons (Fsp3) is 0.235. The van der Waals surface area contributed by atoms with Crippen molar-refractivity contribution in [1.29, 1.82) is 5.41 Å². The number of carbonyl (C=O) groups is 1. The molecule has 4 N–H and O–H groups in total. The molecule has 0 unspecified atom stereocenters. The van der Waals surface area contributed by atoms with Crippen molar-refractivity contribution in [3.63, 3.8) is 0 Å². The number of likely N-dealkylation sites (N-methyl/N-ethyl adjacent to an activating group) is 1. The molecule has 0 aromatic heterocycles. The molecule has 3 aromatic rings. The summed E-state index contributed by atoms with van der Waals surface area (Å²) in [5, 5.41) is 23.5. The molecule has 1 amide bonds. The van der Waals surface area contributed by atoms with Crippen molar-refractivity contribution < 1.29 is 122 Å². The van der Waals surface area contributed by atoms with Crippen molar-refractivity contribution in [3.8, 4) is 28.0 Å². The monoisotopic (exact) mass is 679 g/mol. The molecule has 4 rings (SSSR count). The van der Waals surface area contributed by atoms with Crippen LogP contribution in [0.2, 0.25) is 5.02 Å². The van der Waals surface area contributed by atoms with Gasteiger partial charge in [0.1, 0.15) is 5.82 Å². The Morgan fingerprint density at radius 3 is 2.51 bits per heavy atom. The number of phenols is 1. The van der Waals surface area contributed by atoms with E-state index in [1.54, 1.807) is 18.2 Å². The molecule has 0 saturated carbocycles. The van der Waals surface area contributed by atoms with Crippen LogP contribution in [0, 0.1) is 31.3 Å². The van der Waals surface area contributed by atoms with Crippen LogP contribution in [-0.4, -0.2) is 48.2 Å². The summed E-state index contributed by atoms with van der Waals surface area (Å²) in [5.74, 6) is -0.204. The first-order valence-electron chi connectivity index (χ1n) is 13.3. The number of aryl methyl sites for hydroxylation is 1. The van der Waals surface area contributed by atoms with Gasteiger partial charge >= 0.3 is 103 Å². The van der Waals surface area contributed by atoms with Gasteiger partial charge < -0.3 is 50.4 Å². The third-order valence-corrected chi connectivity index (χ3v) is 7.34. The summed E-state index contributed by atoms with van der Waals surface area (Å²) >= 11 is 6.72. The molecule has 11 heteroatoms. The quantitative estimate of drug-likeness (QED) is 0.0463. The number of nitrogens with one attached hydrogen (secondary N) is 3. The maximum Gasteiger partial charge on any atom is 1.00 e. The number of carbonyl (C=O) groups excluding carboxylic acids is 2. The number of nitrogens with zero attached hydrogens (tertiary/aromatic N) is 1. The summed E-state index contributed by atoms with van der Waals surface area (Å²) in [7, 11) is 1.51. The fourth-order valence-corrected chi connectivity index (χ4v) is 4.77. The van der Waals surface area contributed by atoms with Crippen molar-refractivity contribution in [3.05, 3.63) is 108 Å². The molecule has 0 bridgehead atoms. The number of halogens is 2. The largest absolute Gasteiger partial charge is 1.00 e. The number of allylic oxidation sites excluding steroid dienone is 1. The van der Waals surface area contributed by atoms with E-state index < -0.39 is 0 Å². The second-order valence-corrected chi connectivity index (χ2v) is 9.98. The predicted molar refractivity (Wildman–Crippen MR) is 170 cm³/mol. The van der Waals surface area contributed by atoms with Crippen LogP contribution in [0.1, 0.15) is 30.9 Å². The van der Waals surface area contributed by atoms with Gasteiger partial charge in [-0.05, 0) is 42.6 Å². The van der Waals surface area contributed by atoms with Gasteiger partial charge in [0.2, 0.25) is 5.91 Å². The summed E-state index contributed by atoms with van der Waals surface area (Å²) in [5.41, 5.74) is 4.31. The standard InChI is InChI=1S/C26H25ClFN2O2.C7H7N2O.CH3.2K/c1-2-16-12-17(13-23(28)22(16)15-29-18-10-11-25(32)30-14-18)19-7-5-8-21(26(19)27)20-6-3-4-9-24(20)31;1-6(4-10)7(2)9(3)5-8;;;/h3-8,12-13,18,29,31H,2,10-11,14-15H2,1H3,(H,30,32);1,8H,2H2,3H3;1H3;;/q-1;-3;-1;2*+1/t18-;;;;/m1..../s1. The van der Waals surface area contributed by atoms with Gasteiger partial charge in [-0.1, -0.05) is 60.3 Å². The third-order valence-electron chi connectivity index (χ3n) is 6.93. The number of piperidine rings is 1. The van der Waals surface area contributed by atoms with Gasteiger partial charge in [-0.2, -0.15) is 30.5 Å². The van der Waals surface area contributed by atoms with Crippen LogP contribution in [-0.2, 0) is 22.6 Å². The number of para-hydroxylation sites is 1. The Kier molecular flexibility index (Phi) is 21.3. The summed E-state index contributed by atoms with van der Waals surface area (Å²) in [6.07, 6.45) is 5.36. The van der Waals surface area contributed by atoms with E-state index >= 15 is 4.39 Å². The Balaban J connectivity index is 0.00000130. The Morgan fingerprint density at radius 2 is 1.93 bits per heavy atom. The molecule has 0 spiro atoms. The minimum Gasteiger partial charge on any atom is -0.533 e. The van der Waals surface area contributed by atoms with Crippen LogP contribution in [0.5, 0.6) is 5.75 Å². The number of benzene rings is 3. The molecule has 1 fully saturated rings. The summed E-state index contributed by atoms with van der Waals surface area (Å²) in [4.78, 5) is 22.4. The first-order chi connectivity index (χ1) is 20.1. The minimum atomic E-state index is -0.288. The topological polar surface area (TPSA) is 106 Å². The molecule has 0 aliphatic carbocycles. The summed E-state index contributed by atoms with van der Waals surface area (Å²) < 4.78 is 15.2. The van der Waals surface area contributed by atoms with E-state index in [0.29, 0.717) is 58.8 Å². The van der Waals surface area contributed by atoms with Gasteiger partial charge in [0.15, 0.2) is 0 Å². The Labute approximate surface area is 356 Å². The average molecular weight is 680 g/mol. The van der Waals surface area contributed by atoms with Crippen LogP contribution < -0.4 is 113 Å². The van der Waals surface area contributed by atoms with E-state index in [1.807, 2.05) is 37.5 Å². The van der Waals surface area contributed by atoms with E-state index in [9.17, 15) is 14.7 Å². The molecule has 1 heterocycles. The van der Waals surface area contributed by atoms with E-state index in [1.165, 1.54) is 24.3 Å². The maximum atomic E-state index is 15.2. The number of hydrogen-bond donors (Lipinski definition) is 4. The predicted octanol–water partition coefficient (Wildman–Crippen LogP) is 0.0928. The van der Waals surface area contributed by atoms with Gasteiger partial charge in [0, 0.05) is 41.9 Å². The second-order valence-electron chi connectivity index (χ2n) is 9.60. The maximum absolute atomic E-state index is 15.2. The molecule has 1 aliphatic rings. The molecule has 1 saturated heterocycles. The van der Waals surface area contributed by atoms with Gasteiger partial charge in [-0.15, -0.1) is 12.4 Å². The van der Waals surface area contributed by atoms with Gasteiger partial charge in [0.25, 0.3) is 0 Å². The first kappa shape index (κ1) is 44.0. The number of phenolic OH excluding ortho intramolecular Hbond substituents is 1. The van der Waals surface area contributed by atoms with Crippen LogP contribution in [0.4, 0.5) is 4.39 Å². The molecule has 1 atom stereocenters. The number of aromatic hydroxyl groups is 1. The number of amides is 1. The van der Waals surface area contributed by atoms with Crippen molar-refractivity contribution in [2.45, 2.75) is 38.8 Å². The molecule has 3 aromatic carbocycles. The second kappa shape index (κ2) is 21.8. The normalized spacial score (nSPS) is 13.2. The van der Waals surface area contributed by atoms with Crippen molar-refractivity contribution >= 4 is 30.1 Å². The smallest absolute Gasteiger partial charge is 0.533 e. The molecular formula is C34H35ClFK2N4O3-3. The zero-order chi connectivity index (χ0) is 30.8. The zero-order valence-electron chi connectivity index (χ0n) is 26.5. The SMILES string of the molecule is CCc1cc(-c2cccc(-c3ccc[c-]c3O)c2Cl)cc(F)c1CN[C@@H]1CCC(=O)NC1.[CH-]=C([C-]=O)C(=C)N(C)[C-]=N.[CH3-].[K+].[K+]. The Hall–Kier alpha value is -0.997.